The molecule has 1 fully saturated rings. The van der Waals surface area contributed by atoms with Gasteiger partial charge in [0.25, 0.3) is 0 Å². The summed E-state index contributed by atoms with van der Waals surface area (Å²) in [7, 11) is 0. The van der Waals surface area contributed by atoms with Crippen LogP contribution in [0.15, 0.2) is 30.5 Å². The highest BCUT2D eigenvalue weighted by Gasteiger charge is 2.48. The van der Waals surface area contributed by atoms with Gasteiger partial charge in [-0.15, -0.1) is 21.5 Å². The molecule has 1 saturated carbocycles. The van der Waals surface area contributed by atoms with E-state index < -0.39 is 11.6 Å². The second kappa shape index (κ2) is 6.42. The van der Waals surface area contributed by atoms with Gasteiger partial charge in [-0.1, -0.05) is 11.3 Å². The molecule has 1 aliphatic rings. The molecule has 130 valence electrons. The fraction of sp³-hybridized carbons (Fsp3) is 0.353. The van der Waals surface area contributed by atoms with E-state index in [-0.39, 0.29) is 18.7 Å². The summed E-state index contributed by atoms with van der Waals surface area (Å²) in [5.41, 5.74) is -0.300. The van der Waals surface area contributed by atoms with Crippen molar-refractivity contribution in [2.45, 2.75) is 31.4 Å². The smallest absolute Gasteiger partial charge is 0.206 e. The number of hydrogen-bond donors (Lipinski definition) is 1. The van der Waals surface area contributed by atoms with Gasteiger partial charge in [0, 0.05) is 23.0 Å². The van der Waals surface area contributed by atoms with Gasteiger partial charge in [-0.2, -0.15) is 0 Å². The van der Waals surface area contributed by atoms with E-state index in [1.165, 1.54) is 22.3 Å². The van der Waals surface area contributed by atoms with Crippen molar-refractivity contribution in [2.24, 2.45) is 0 Å². The maximum absolute atomic E-state index is 14.1. The van der Waals surface area contributed by atoms with Crippen LogP contribution in [0.4, 0.5) is 13.9 Å². The summed E-state index contributed by atoms with van der Waals surface area (Å²) >= 11 is 3.11. The normalized spacial score (nSPS) is 22.6. The van der Waals surface area contributed by atoms with Crippen molar-refractivity contribution in [1.29, 1.82) is 0 Å². The lowest BCUT2D eigenvalue weighted by Gasteiger charge is -2.43. The lowest BCUT2D eigenvalue weighted by Crippen LogP contribution is -2.48. The van der Waals surface area contributed by atoms with Crippen LogP contribution in [0.3, 0.4) is 0 Å². The molecule has 0 atom stereocenters. The van der Waals surface area contributed by atoms with Crippen LogP contribution in [-0.4, -0.2) is 27.9 Å². The second-order valence-corrected chi connectivity index (χ2v) is 8.56. The highest BCUT2D eigenvalue weighted by Crippen LogP contribution is 2.46. The number of rotatable bonds is 5. The fourth-order valence-electron chi connectivity index (χ4n) is 3.17. The van der Waals surface area contributed by atoms with E-state index in [1.807, 2.05) is 19.1 Å². The van der Waals surface area contributed by atoms with E-state index in [9.17, 15) is 8.78 Å². The zero-order chi connectivity index (χ0) is 17.4. The minimum absolute atomic E-state index is 0.268. The number of aromatic nitrogens is 3. The van der Waals surface area contributed by atoms with Crippen molar-refractivity contribution < 1.29 is 8.78 Å². The first-order chi connectivity index (χ1) is 12.1. The van der Waals surface area contributed by atoms with E-state index in [4.69, 9.17) is 0 Å². The van der Waals surface area contributed by atoms with Gasteiger partial charge < -0.3 is 5.32 Å². The SMILES string of the molecule is Cc1ccc(-c2nnc(NC[C@]3(c4ncccc4F)C[C@@H](F)C3)s2)s1. The zero-order valence-corrected chi connectivity index (χ0v) is 15.1. The highest BCUT2D eigenvalue weighted by atomic mass is 32.1. The Bertz CT molecular complexity index is 886. The molecule has 0 amide bonds. The Morgan fingerprint density at radius 1 is 1.24 bits per heavy atom. The summed E-state index contributed by atoms with van der Waals surface area (Å²) in [5.74, 6) is -0.386. The third-order valence-electron chi connectivity index (χ3n) is 4.44. The molecule has 0 aliphatic heterocycles. The van der Waals surface area contributed by atoms with Gasteiger partial charge in [0.1, 0.15) is 12.0 Å². The standard InChI is InChI=1S/C17H16F2N4S2/c1-10-4-5-13(24-10)15-22-23-16(25-15)21-9-17(7-11(18)8-17)14-12(19)3-2-6-20-14/h2-6,11H,7-9H2,1H3,(H,21,23)/t11-,17+. The van der Waals surface area contributed by atoms with E-state index in [2.05, 4.69) is 20.5 Å². The summed E-state index contributed by atoms with van der Waals surface area (Å²) in [4.78, 5) is 6.45. The maximum Gasteiger partial charge on any atom is 0.206 e. The summed E-state index contributed by atoms with van der Waals surface area (Å²) in [6.45, 7) is 2.43. The number of nitrogens with zero attached hydrogens (tertiary/aromatic N) is 3. The molecule has 0 unspecified atom stereocenters. The maximum atomic E-state index is 14.1. The highest BCUT2D eigenvalue weighted by molar-refractivity contribution is 7.23. The molecule has 4 rings (SSSR count). The molecule has 0 radical (unpaired) electrons. The summed E-state index contributed by atoms with van der Waals surface area (Å²) in [6, 6.07) is 6.99. The molecule has 1 N–H and O–H groups in total. The average molecular weight is 378 g/mol. The molecular formula is C17H16F2N4S2. The van der Waals surface area contributed by atoms with Gasteiger partial charge in [0.15, 0.2) is 5.01 Å². The first-order valence-electron chi connectivity index (χ1n) is 7.95. The number of hydrogen-bond acceptors (Lipinski definition) is 6. The molecule has 4 nitrogen and oxygen atoms in total. The van der Waals surface area contributed by atoms with Crippen LogP contribution in [0.5, 0.6) is 0 Å². The minimum Gasteiger partial charge on any atom is -0.359 e. The lowest BCUT2D eigenvalue weighted by molar-refractivity contribution is 0.0965. The minimum atomic E-state index is -0.915. The van der Waals surface area contributed by atoms with Crippen LogP contribution in [0.2, 0.25) is 0 Å². The molecule has 3 aromatic heterocycles. The number of pyridine rings is 1. The van der Waals surface area contributed by atoms with Gasteiger partial charge in [0.2, 0.25) is 5.13 Å². The van der Waals surface area contributed by atoms with Crippen LogP contribution in [0, 0.1) is 12.7 Å². The van der Waals surface area contributed by atoms with E-state index >= 15 is 0 Å². The van der Waals surface area contributed by atoms with Crippen LogP contribution >= 0.6 is 22.7 Å². The van der Waals surface area contributed by atoms with Gasteiger partial charge in [-0.3, -0.25) is 4.98 Å². The van der Waals surface area contributed by atoms with Crippen molar-refractivity contribution in [1.82, 2.24) is 15.2 Å². The van der Waals surface area contributed by atoms with E-state index in [1.54, 1.807) is 23.6 Å². The molecule has 0 spiro atoms. The first-order valence-corrected chi connectivity index (χ1v) is 9.58. The molecule has 0 bridgehead atoms. The number of anilines is 1. The van der Waals surface area contributed by atoms with Crippen molar-refractivity contribution in [3.05, 3.63) is 46.9 Å². The van der Waals surface area contributed by atoms with Crippen molar-refractivity contribution >= 4 is 27.8 Å². The summed E-state index contributed by atoms with van der Waals surface area (Å²) in [5, 5.41) is 13.1. The fourth-order valence-corrected chi connectivity index (χ4v) is 4.83. The Balaban J connectivity index is 1.51. The van der Waals surface area contributed by atoms with Crippen LogP contribution in [-0.2, 0) is 5.41 Å². The zero-order valence-electron chi connectivity index (χ0n) is 13.5. The number of halogens is 2. The van der Waals surface area contributed by atoms with E-state index in [0.717, 1.165) is 9.88 Å². The van der Waals surface area contributed by atoms with Crippen molar-refractivity contribution in [3.8, 4) is 9.88 Å². The molecule has 0 saturated heterocycles. The second-order valence-electron chi connectivity index (χ2n) is 6.30. The summed E-state index contributed by atoms with van der Waals surface area (Å²) in [6.07, 6.45) is 1.17. The Hall–Kier alpha value is -1.93. The first kappa shape index (κ1) is 16.5. The van der Waals surface area contributed by atoms with Crippen LogP contribution in [0.25, 0.3) is 9.88 Å². The molecule has 1 aliphatic carbocycles. The number of nitrogens with one attached hydrogen (secondary N) is 1. The third-order valence-corrected chi connectivity index (χ3v) is 6.49. The van der Waals surface area contributed by atoms with Crippen molar-refractivity contribution in [2.75, 3.05) is 11.9 Å². The van der Waals surface area contributed by atoms with Gasteiger partial charge in [-0.25, -0.2) is 8.78 Å². The van der Waals surface area contributed by atoms with Crippen LogP contribution in [0.1, 0.15) is 23.4 Å². The average Bonchev–Trinajstić information content (AvgIpc) is 3.20. The Morgan fingerprint density at radius 3 is 2.76 bits per heavy atom. The van der Waals surface area contributed by atoms with Gasteiger partial charge >= 0.3 is 0 Å². The van der Waals surface area contributed by atoms with Crippen LogP contribution < -0.4 is 5.32 Å². The Morgan fingerprint density at radius 2 is 2.08 bits per heavy atom. The number of thiophene rings is 1. The predicted octanol–water partition coefficient (Wildman–Crippen LogP) is 4.59. The van der Waals surface area contributed by atoms with E-state index in [0.29, 0.717) is 17.4 Å². The largest absolute Gasteiger partial charge is 0.359 e. The molecule has 8 heteroatoms. The number of aryl methyl sites for hydroxylation is 1. The lowest BCUT2D eigenvalue weighted by atomic mass is 9.65. The monoisotopic (exact) mass is 378 g/mol. The summed E-state index contributed by atoms with van der Waals surface area (Å²) < 4.78 is 27.7. The Labute approximate surface area is 152 Å². The molecule has 0 aromatic carbocycles. The molecule has 3 aromatic rings. The molecule has 3 heterocycles. The van der Waals surface area contributed by atoms with Gasteiger partial charge in [-0.05, 0) is 44.0 Å². The third kappa shape index (κ3) is 3.16. The predicted molar refractivity (Wildman–Crippen MR) is 96.5 cm³/mol. The quantitative estimate of drug-likeness (QED) is 0.705. The molecule has 25 heavy (non-hydrogen) atoms. The topological polar surface area (TPSA) is 50.7 Å². The molecular weight excluding hydrogens is 362 g/mol. The van der Waals surface area contributed by atoms with Gasteiger partial charge in [0.05, 0.1) is 10.6 Å². The number of alkyl halides is 1. The Kier molecular flexibility index (Phi) is 4.24. The van der Waals surface area contributed by atoms with Crippen molar-refractivity contribution in [3.63, 3.8) is 0 Å².